The van der Waals surface area contributed by atoms with Crippen molar-refractivity contribution >= 4 is 23.2 Å². The van der Waals surface area contributed by atoms with Crippen LogP contribution in [-0.2, 0) is 18.5 Å². The van der Waals surface area contributed by atoms with Gasteiger partial charge in [-0.15, -0.1) is 0 Å². The summed E-state index contributed by atoms with van der Waals surface area (Å²) in [5.74, 6) is 0. The zero-order valence-corrected chi connectivity index (χ0v) is 16.8. The summed E-state index contributed by atoms with van der Waals surface area (Å²) >= 11 is 12.4. The molecule has 136 valence electrons. The molecule has 0 saturated heterocycles. The maximum absolute atomic E-state index is 6.37. The molecule has 0 fully saturated rings. The molecule has 0 saturated carbocycles. The van der Waals surface area contributed by atoms with Gasteiger partial charge in [-0.3, -0.25) is 4.68 Å². The fourth-order valence-electron chi connectivity index (χ4n) is 2.81. The van der Waals surface area contributed by atoms with E-state index in [1.54, 1.807) is 18.6 Å². The molecule has 0 aliphatic carbocycles. The minimum Gasteiger partial charge on any atom is -0.303 e. The van der Waals surface area contributed by atoms with E-state index in [0.29, 0.717) is 16.6 Å². The summed E-state index contributed by atoms with van der Waals surface area (Å²) in [6.45, 7) is 8.08. The molecular weight excluding hydrogens is 365 g/mol. The van der Waals surface area contributed by atoms with Crippen LogP contribution in [0.25, 0.3) is 0 Å². The molecule has 1 aromatic heterocycles. The Morgan fingerprint density at radius 3 is 2.31 bits per heavy atom. The number of rotatable bonds is 5. The molecule has 26 heavy (non-hydrogen) atoms. The molecule has 2 aromatic carbocycles. The highest BCUT2D eigenvalue weighted by atomic mass is 35.5. The molecule has 0 radical (unpaired) electrons. The normalized spacial score (nSPS) is 11.6. The Labute approximate surface area is 165 Å². The number of hydrogen-bond donors (Lipinski definition) is 0. The topological polar surface area (TPSA) is 21.1 Å². The van der Waals surface area contributed by atoms with Crippen LogP contribution in [0.1, 0.15) is 37.5 Å². The van der Waals surface area contributed by atoms with E-state index >= 15 is 0 Å². The molecule has 0 aliphatic rings. The Morgan fingerprint density at radius 1 is 1.00 bits per heavy atom. The van der Waals surface area contributed by atoms with Crippen LogP contribution < -0.4 is 5.01 Å². The number of hydrogen-bond acceptors (Lipinski definition) is 2. The quantitative estimate of drug-likeness (QED) is 0.549. The van der Waals surface area contributed by atoms with E-state index in [1.807, 2.05) is 23.0 Å². The van der Waals surface area contributed by atoms with Crippen molar-refractivity contribution in [2.45, 2.75) is 39.3 Å². The first-order valence-corrected chi connectivity index (χ1v) is 9.35. The summed E-state index contributed by atoms with van der Waals surface area (Å²) < 4.78 is 1.99. The van der Waals surface area contributed by atoms with Gasteiger partial charge in [-0.2, -0.15) is 0 Å². The molecule has 0 spiro atoms. The lowest BCUT2D eigenvalue weighted by Crippen LogP contribution is -2.32. The van der Waals surface area contributed by atoms with E-state index < -0.39 is 0 Å². The SMILES string of the molecule is CC(C)(C)c1ccc(CN(Cc2ccc(Cl)cc2Cl)n2ccnc2)cc1. The maximum atomic E-state index is 6.37. The van der Waals surface area contributed by atoms with Crippen LogP contribution in [0.3, 0.4) is 0 Å². The number of imidazole rings is 1. The first kappa shape index (κ1) is 18.8. The third-order valence-corrected chi connectivity index (χ3v) is 4.96. The molecule has 1 heterocycles. The molecule has 0 N–H and O–H groups in total. The van der Waals surface area contributed by atoms with Crippen LogP contribution in [-0.4, -0.2) is 9.66 Å². The minimum atomic E-state index is 0.152. The number of aromatic nitrogens is 2. The van der Waals surface area contributed by atoms with Crippen molar-refractivity contribution in [3.05, 3.63) is 87.9 Å². The number of benzene rings is 2. The van der Waals surface area contributed by atoms with Crippen LogP contribution in [0.4, 0.5) is 0 Å². The predicted molar refractivity (Wildman–Crippen MR) is 109 cm³/mol. The third kappa shape index (κ3) is 4.60. The highest BCUT2D eigenvalue weighted by molar-refractivity contribution is 6.35. The summed E-state index contributed by atoms with van der Waals surface area (Å²) in [5, 5.41) is 3.50. The lowest BCUT2D eigenvalue weighted by Gasteiger charge is -2.27. The van der Waals surface area contributed by atoms with Gasteiger partial charge in [0, 0.05) is 22.4 Å². The second-order valence-electron chi connectivity index (χ2n) is 7.45. The molecule has 3 aromatic rings. The first-order valence-electron chi connectivity index (χ1n) is 8.59. The Morgan fingerprint density at radius 2 is 1.73 bits per heavy atom. The summed E-state index contributed by atoms with van der Waals surface area (Å²) in [5.41, 5.74) is 3.74. The number of halogens is 2. The Balaban J connectivity index is 1.83. The molecule has 3 nitrogen and oxygen atoms in total. The van der Waals surface area contributed by atoms with Gasteiger partial charge in [0.2, 0.25) is 0 Å². The van der Waals surface area contributed by atoms with Gasteiger partial charge >= 0.3 is 0 Å². The molecule has 0 atom stereocenters. The molecule has 0 bridgehead atoms. The van der Waals surface area contributed by atoms with E-state index in [2.05, 4.69) is 55.0 Å². The summed E-state index contributed by atoms with van der Waals surface area (Å²) in [6, 6.07) is 14.4. The van der Waals surface area contributed by atoms with E-state index in [0.717, 1.165) is 12.1 Å². The Kier molecular flexibility index (Phi) is 5.59. The lowest BCUT2D eigenvalue weighted by molar-refractivity contribution is 0.573. The number of nitrogens with zero attached hydrogens (tertiary/aromatic N) is 3. The van der Waals surface area contributed by atoms with E-state index in [9.17, 15) is 0 Å². The van der Waals surface area contributed by atoms with Crippen LogP contribution in [0.5, 0.6) is 0 Å². The average Bonchev–Trinajstić information content (AvgIpc) is 3.10. The van der Waals surface area contributed by atoms with E-state index in [4.69, 9.17) is 23.2 Å². The van der Waals surface area contributed by atoms with E-state index in [1.165, 1.54) is 11.1 Å². The van der Waals surface area contributed by atoms with Gasteiger partial charge in [0.05, 0.1) is 13.1 Å². The highest BCUT2D eigenvalue weighted by Crippen LogP contribution is 2.24. The monoisotopic (exact) mass is 387 g/mol. The molecule has 5 heteroatoms. The average molecular weight is 388 g/mol. The van der Waals surface area contributed by atoms with Gasteiger partial charge in [-0.25, -0.2) is 4.98 Å². The highest BCUT2D eigenvalue weighted by Gasteiger charge is 2.14. The van der Waals surface area contributed by atoms with Gasteiger partial charge in [0.1, 0.15) is 6.33 Å². The van der Waals surface area contributed by atoms with Crippen molar-refractivity contribution in [2.24, 2.45) is 0 Å². The van der Waals surface area contributed by atoms with Crippen LogP contribution in [0.15, 0.2) is 61.2 Å². The lowest BCUT2D eigenvalue weighted by atomic mass is 9.87. The van der Waals surface area contributed by atoms with Crippen LogP contribution in [0.2, 0.25) is 10.0 Å². The second kappa shape index (κ2) is 7.73. The molecule has 0 unspecified atom stereocenters. The van der Waals surface area contributed by atoms with Crippen LogP contribution >= 0.6 is 23.2 Å². The van der Waals surface area contributed by atoms with Crippen molar-refractivity contribution in [2.75, 3.05) is 5.01 Å². The van der Waals surface area contributed by atoms with Gasteiger partial charge in [-0.1, -0.05) is 74.3 Å². The molecular formula is C21H23Cl2N3. The summed E-state index contributed by atoms with van der Waals surface area (Å²) in [4.78, 5) is 4.18. The molecule has 0 amide bonds. The van der Waals surface area contributed by atoms with Gasteiger partial charge in [-0.05, 0) is 34.2 Å². The Bertz CT molecular complexity index is 850. The zero-order chi connectivity index (χ0) is 18.7. The fourth-order valence-corrected chi connectivity index (χ4v) is 3.27. The smallest absolute Gasteiger partial charge is 0.114 e. The standard InChI is InChI=1S/C21H23Cl2N3/c1-21(2,3)18-7-4-16(5-8-18)13-26(25-11-10-24-15-25)14-17-6-9-19(22)12-20(17)23/h4-12,15H,13-14H2,1-3H3. The van der Waals surface area contributed by atoms with Gasteiger partial charge in [0.15, 0.2) is 0 Å². The van der Waals surface area contributed by atoms with Crippen LogP contribution in [0, 0.1) is 0 Å². The molecule has 3 rings (SSSR count). The second-order valence-corrected chi connectivity index (χ2v) is 8.29. The summed E-state index contributed by atoms with van der Waals surface area (Å²) in [7, 11) is 0. The Hall–Kier alpha value is -1.97. The zero-order valence-electron chi connectivity index (χ0n) is 15.3. The molecule has 0 aliphatic heterocycles. The van der Waals surface area contributed by atoms with Crippen molar-refractivity contribution in [3.8, 4) is 0 Å². The van der Waals surface area contributed by atoms with Crippen molar-refractivity contribution in [1.29, 1.82) is 0 Å². The van der Waals surface area contributed by atoms with E-state index in [-0.39, 0.29) is 5.41 Å². The van der Waals surface area contributed by atoms with Gasteiger partial charge in [0.25, 0.3) is 0 Å². The van der Waals surface area contributed by atoms with Crippen molar-refractivity contribution < 1.29 is 0 Å². The fraction of sp³-hybridized carbons (Fsp3) is 0.286. The first-order chi connectivity index (χ1) is 12.3. The third-order valence-electron chi connectivity index (χ3n) is 4.37. The predicted octanol–water partition coefficient (Wildman–Crippen LogP) is 5.83. The maximum Gasteiger partial charge on any atom is 0.114 e. The largest absolute Gasteiger partial charge is 0.303 e. The summed E-state index contributed by atoms with van der Waals surface area (Å²) in [6.07, 6.45) is 5.51. The van der Waals surface area contributed by atoms with Crippen molar-refractivity contribution in [1.82, 2.24) is 9.66 Å². The van der Waals surface area contributed by atoms with Crippen molar-refractivity contribution in [3.63, 3.8) is 0 Å². The minimum absolute atomic E-state index is 0.152. The van der Waals surface area contributed by atoms with Gasteiger partial charge < -0.3 is 5.01 Å².